The minimum absolute atomic E-state index is 0.151. The number of fused-ring (bicyclic) bond motifs is 1. The van der Waals surface area contributed by atoms with Gasteiger partial charge in [-0.1, -0.05) is 67.3 Å². The van der Waals surface area contributed by atoms with Crippen molar-refractivity contribution < 1.29 is 4.79 Å². The lowest BCUT2D eigenvalue weighted by Gasteiger charge is -2.32. The lowest BCUT2D eigenvalue weighted by molar-refractivity contribution is -0.122. The number of nitrogens with zero attached hydrogens (tertiary/aromatic N) is 4. The van der Waals surface area contributed by atoms with Crippen LogP contribution in [0.2, 0.25) is 0 Å². The molecule has 1 amide bonds. The Balaban J connectivity index is 1.49. The predicted octanol–water partition coefficient (Wildman–Crippen LogP) is 4.37. The first-order valence-corrected chi connectivity index (χ1v) is 12.8. The van der Waals surface area contributed by atoms with E-state index in [0.717, 1.165) is 37.9 Å². The Morgan fingerprint density at radius 2 is 1.82 bits per heavy atom. The maximum absolute atomic E-state index is 13.5. The summed E-state index contributed by atoms with van der Waals surface area (Å²) in [7, 11) is 0. The first-order chi connectivity index (χ1) is 16.5. The van der Waals surface area contributed by atoms with Crippen LogP contribution in [0.4, 0.5) is 5.82 Å². The number of anilines is 1. The summed E-state index contributed by atoms with van der Waals surface area (Å²) in [4.78, 5) is 35.9. The minimum Gasteiger partial charge on any atom is -0.356 e. The van der Waals surface area contributed by atoms with Crippen molar-refractivity contribution in [1.29, 1.82) is 0 Å². The van der Waals surface area contributed by atoms with Gasteiger partial charge in [0.15, 0.2) is 0 Å². The summed E-state index contributed by atoms with van der Waals surface area (Å²) in [6.45, 7) is 4.45. The quantitative estimate of drug-likeness (QED) is 0.391. The highest BCUT2D eigenvalue weighted by Crippen LogP contribution is 2.34. The van der Waals surface area contributed by atoms with Gasteiger partial charge >= 0.3 is 0 Å². The zero-order chi connectivity index (χ0) is 23.7. The number of rotatable bonds is 5. The number of amides is 1. The summed E-state index contributed by atoms with van der Waals surface area (Å²) in [5.74, 6) is 1.15. The largest absolute Gasteiger partial charge is 0.356 e. The number of aromatic nitrogens is 2. The fourth-order valence-corrected chi connectivity index (χ4v) is 5.68. The number of thiocarbonyl (C=S) groups is 1. The van der Waals surface area contributed by atoms with Gasteiger partial charge in [-0.15, -0.1) is 0 Å². The molecule has 8 heteroatoms. The van der Waals surface area contributed by atoms with Crippen molar-refractivity contribution in [3.05, 3.63) is 81.1 Å². The molecule has 0 bridgehead atoms. The van der Waals surface area contributed by atoms with E-state index < -0.39 is 0 Å². The molecule has 4 heterocycles. The summed E-state index contributed by atoms with van der Waals surface area (Å²) in [5, 5.41) is 0. The fraction of sp³-hybridized carbons (Fsp3) is 0.308. The average Bonchev–Trinajstić information content (AvgIpc) is 3.12. The average molecular weight is 491 g/mol. The maximum atomic E-state index is 13.5. The van der Waals surface area contributed by atoms with Gasteiger partial charge < -0.3 is 4.90 Å². The number of thioether (sulfide) groups is 1. The topological polar surface area (TPSA) is 57.9 Å². The van der Waals surface area contributed by atoms with E-state index in [0.29, 0.717) is 38.7 Å². The molecule has 34 heavy (non-hydrogen) atoms. The number of carbonyl (C=O) groups excluding carboxylic acids is 1. The molecule has 2 fully saturated rings. The van der Waals surface area contributed by atoms with Crippen LogP contribution in [0.1, 0.15) is 30.9 Å². The fourth-order valence-electron chi connectivity index (χ4n) is 4.39. The molecule has 0 radical (unpaired) electrons. The molecule has 0 atom stereocenters. The number of hydrogen-bond acceptors (Lipinski definition) is 6. The van der Waals surface area contributed by atoms with Crippen LogP contribution >= 0.6 is 24.0 Å². The van der Waals surface area contributed by atoms with Gasteiger partial charge in [-0.3, -0.25) is 18.9 Å². The van der Waals surface area contributed by atoms with Gasteiger partial charge in [0.05, 0.1) is 10.5 Å². The van der Waals surface area contributed by atoms with Crippen molar-refractivity contribution in [2.45, 2.75) is 26.2 Å². The zero-order valence-corrected chi connectivity index (χ0v) is 20.6. The van der Waals surface area contributed by atoms with E-state index in [2.05, 4.69) is 11.8 Å². The molecular weight excluding hydrogens is 464 g/mol. The van der Waals surface area contributed by atoms with E-state index in [9.17, 15) is 9.59 Å². The molecular formula is C26H26N4O2S2. The van der Waals surface area contributed by atoms with Gasteiger partial charge in [0.1, 0.15) is 15.8 Å². The SMILES string of the molecule is CC1CCN(c2nc3ccccn3c(=O)c2C=C2SC(=S)N(CCc3ccccc3)C2=O)CC1. The molecule has 5 rings (SSSR count). The van der Waals surface area contributed by atoms with Crippen molar-refractivity contribution in [2.24, 2.45) is 5.92 Å². The molecule has 2 aromatic heterocycles. The second-order valence-electron chi connectivity index (χ2n) is 8.82. The number of benzene rings is 1. The number of hydrogen-bond donors (Lipinski definition) is 0. The van der Waals surface area contributed by atoms with E-state index in [-0.39, 0.29) is 11.5 Å². The summed E-state index contributed by atoms with van der Waals surface area (Å²) < 4.78 is 2.06. The third kappa shape index (κ3) is 4.52. The Morgan fingerprint density at radius 1 is 1.09 bits per heavy atom. The molecule has 0 spiro atoms. The van der Waals surface area contributed by atoms with Crippen LogP contribution in [0.3, 0.4) is 0 Å². The Morgan fingerprint density at radius 3 is 2.59 bits per heavy atom. The second-order valence-corrected chi connectivity index (χ2v) is 10.5. The maximum Gasteiger partial charge on any atom is 0.267 e. The van der Waals surface area contributed by atoms with E-state index in [1.165, 1.54) is 16.2 Å². The summed E-state index contributed by atoms with van der Waals surface area (Å²) in [6, 6.07) is 15.6. The van der Waals surface area contributed by atoms with Gasteiger partial charge in [-0.05, 0) is 49.0 Å². The van der Waals surface area contributed by atoms with Crippen LogP contribution in [-0.4, -0.2) is 44.1 Å². The monoisotopic (exact) mass is 490 g/mol. The molecule has 6 nitrogen and oxygen atoms in total. The summed E-state index contributed by atoms with van der Waals surface area (Å²) in [5.41, 5.74) is 2.03. The summed E-state index contributed by atoms with van der Waals surface area (Å²) in [6.07, 6.45) is 6.24. The van der Waals surface area contributed by atoms with E-state index in [4.69, 9.17) is 17.2 Å². The molecule has 0 unspecified atom stereocenters. The first kappa shape index (κ1) is 22.8. The number of carbonyl (C=O) groups is 1. The van der Waals surface area contributed by atoms with Crippen LogP contribution in [0.25, 0.3) is 11.7 Å². The Labute approximate surface area is 208 Å². The van der Waals surface area contributed by atoms with Crippen molar-refractivity contribution in [3.63, 3.8) is 0 Å². The molecule has 3 aromatic rings. The van der Waals surface area contributed by atoms with Gasteiger partial charge in [-0.2, -0.15) is 0 Å². The predicted molar refractivity (Wildman–Crippen MR) is 142 cm³/mol. The van der Waals surface area contributed by atoms with E-state index in [1.807, 2.05) is 48.5 Å². The third-order valence-electron chi connectivity index (χ3n) is 6.45. The lowest BCUT2D eigenvalue weighted by atomic mass is 9.99. The Hall–Kier alpha value is -2.97. The molecule has 1 aromatic carbocycles. The Kier molecular flexibility index (Phi) is 6.52. The van der Waals surface area contributed by atoms with Crippen molar-refractivity contribution >= 4 is 51.7 Å². The number of pyridine rings is 1. The van der Waals surface area contributed by atoms with Gasteiger partial charge in [0, 0.05) is 25.8 Å². The number of piperidine rings is 1. The van der Waals surface area contributed by atoms with Gasteiger partial charge in [0.2, 0.25) is 0 Å². The highest BCUT2D eigenvalue weighted by molar-refractivity contribution is 8.26. The molecule has 2 aliphatic rings. The molecule has 0 N–H and O–H groups in total. The first-order valence-electron chi connectivity index (χ1n) is 11.6. The normalized spacial score (nSPS) is 18.4. The van der Waals surface area contributed by atoms with Crippen molar-refractivity contribution in [2.75, 3.05) is 24.5 Å². The molecule has 0 aliphatic carbocycles. The van der Waals surface area contributed by atoms with Crippen LogP contribution in [-0.2, 0) is 11.2 Å². The Bertz CT molecular complexity index is 1330. The lowest BCUT2D eigenvalue weighted by Crippen LogP contribution is -2.36. The zero-order valence-electron chi connectivity index (χ0n) is 19.0. The van der Waals surface area contributed by atoms with Crippen LogP contribution in [0.15, 0.2) is 64.4 Å². The third-order valence-corrected chi connectivity index (χ3v) is 7.83. The van der Waals surface area contributed by atoms with Gasteiger partial charge in [0.25, 0.3) is 11.5 Å². The van der Waals surface area contributed by atoms with Crippen molar-refractivity contribution in [3.8, 4) is 0 Å². The molecule has 0 saturated carbocycles. The van der Waals surface area contributed by atoms with Crippen LogP contribution in [0, 0.1) is 5.92 Å². The molecule has 2 aliphatic heterocycles. The summed E-state index contributed by atoms with van der Waals surface area (Å²) >= 11 is 6.78. The molecule has 2 saturated heterocycles. The van der Waals surface area contributed by atoms with Crippen LogP contribution < -0.4 is 10.5 Å². The minimum atomic E-state index is -0.172. The second kappa shape index (κ2) is 9.72. The highest BCUT2D eigenvalue weighted by atomic mass is 32.2. The van der Waals surface area contributed by atoms with Gasteiger partial charge in [-0.25, -0.2) is 4.98 Å². The highest BCUT2D eigenvalue weighted by Gasteiger charge is 2.33. The standard InChI is InChI=1S/C26H26N4O2S2/c1-18-10-14-28(15-11-18)23-20(24(31)29-13-6-5-9-22(29)27-23)17-21-25(32)30(26(33)34-21)16-12-19-7-3-2-4-8-19/h2-9,13,17-18H,10-12,14-16H2,1H3. The van der Waals surface area contributed by atoms with Crippen molar-refractivity contribution in [1.82, 2.24) is 14.3 Å². The molecule has 174 valence electrons. The smallest absolute Gasteiger partial charge is 0.267 e. The van der Waals surface area contributed by atoms with E-state index >= 15 is 0 Å². The van der Waals surface area contributed by atoms with E-state index in [1.54, 1.807) is 17.2 Å². The van der Waals surface area contributed by atoms with Crippen LogP contribution in [0.5, 0.6) is 0 Å².